The van der Waals surface area contributed by atoms with Gasteiger partial charge in [-0.15, -0.1) is 5.10 Å². The maximum absolute atomic E-state index is 6.04. The Hall–Kier alpha value is -1.20. The van der Waals surface area contributed by atoms with Crippen LogP contribution < -0.4 is 4.74 Å². The zero-order chi connectivity index (χ0) is 12.3. The van der Waals surface area contributed by atoms with E-state index in [0.29, 0.717) is 10.8 Å². The number of rotatable bonds is 4. The van der Waals surface area contributed by atoms with E-state index in [-0.39, 0.29) is 0 Å². The summed E-state index contributed by atoms with van der Waals surface area (Å²) in [6.45, 7) is 1.88. The standard InChI is InChI=1S/C11H12ClN3OS/c1-7-13-11(15-14-7)17-6-8-3-4-10(16-2)9(12)5-8/h3-5H,6H2,1-2H3,(H,13,14,15). The maximum Gasteiger partial charge on any atom is 0.208 e. The zero-order valence-electron chi connectivity index (χ0n) is 9.53. The van der Waals surface area contributed by atoms with E-state index in [1.807, 2.05) is 25.1 Å². The molecule has 1 N–H and O–H groups in total. The Morgan fingerprint density at radius 3 is 2.88 bits per heavy atom. The van der Waals surface area contributed by atoms with Gasteiger partial charge in [0.15, 0.2) is 0 Å². The highest BCUT2D eigenvalue weighted by Gasteiger charge is 2.04. The first-order valence-electron chi connectivity index (χ1n) is 5.03. The molecule has 2 aromatic rings. The normalized spacial score (nSPS) is 10.5. The quantitative estimate of drug-likeness (QED) is 0.867. The van der Waals surface area contributed by atoms with Gasteiger partial charge in [-0.25, -0.2) is 4.98 Å². The first kappa shape index (κ1) is 12.3. The number of nitrogens with one attached hydrogen (secondary N) is 1. The molecule has 0 bridgehead atoms. The van der Waals surface area contributed by atoms with Crippen molar-refractivity contribution >= 4 is 23.4 Å². The summed E-state index contributed by atoms with van der Waals surface area (Å²) in [5.41, 5.74) is 1.11. The van der Waals surface area contributed by atoms with Crippen LogP contribution in [0.15, 0.2) is 23.4 Å². The third-order valence-electron chi connectivity index (χ3n) is 2.16. The second kappa shape index (κ2) is 5.42. The van der Waals surface area contributed by atoms with Gasteiger partial charge in [-0.05, 0) is 24.6 Å². The number of H-pyrrole nitrogens is 1. The van der Waals surface area contributed by atoms with Crippen molar-refractivity contribution in [1.82, 2.24) is 15.2 Å². The third-order valence-corrected chi connectivity index (χ3v) is 3.37. The molecular weight excluding hydrogens is 258 g/mol. The second-order valence-electron chi connectivity index (χ2n) is 3.46. The predicted octanol–water partition coefficient (Wildman–Crippen LogP) is 3.07. The molecule has 0 aliphatic rings. The summed E-state index contributed by atoms with van der Waals surface area (Å²) >= 11 is 7.61. The van der Waals surface area contributed by atoms with Gasteiger partial charge in [0.2, 0.25) is 5.16 Å². The Morgan fingerprint density at radius 2 is 2.29 bits per heavy atom. The van der Waals surface area contributed by atoms with Crippen LogP contribution in [0.4, 0.5) is 0 Å². The molecule has 17 heavy (non-hydrogen) atoms. The number of aryl methyl sites for hydroxylation is 1. The fourth-order valence-electron chi connectivity index (χ4n) is 1.33. The molecule has 0 aliphatic heterocycles. The number of aromatic nitrogens is 3. The molecule has 0 spiro atoms. The van der Waals surface area contributed by atoms with Crippen LogP contribution in [0.5, 0.6) is 5.75 Å². The number of thioether (sulfide) groups is 1. The molecule has 2 rings (SSSR count). The summed E-state index contributed by atoms with van der Waals surface area (Å²) in [6, 6.07) is 5.74. The van der Waals surface area contributed by atoms with Crippen molar-refractivity contribution in [2.24, 2.45) is 0 Å². The van der Waals surface area contributed by atoms with Crippen LogP contribution in [-0.4, -0.2) is 22.3 Å². The molecule has 0 aliphatic carbocycles. The topological polar surface area (TPSA) is 50.8 Å². The molecule has 1 aromatic carbocycles. The summed E-state index contributed by atoms with van der Waals surface area (Å²) in [4.78, 5) is 4.22. The molecule has 0 saturated carbocycles. The van der Waals surface area contributed by atoms with Crippen LogP contribution in [0.3, 0.4) is 0 Å². The lowest BCUT2D eigenvalue weighted by Gasteiger charge is -2.04. The predicted molar refractivity (Wildman–Crippen MR) is 68.7 cm³/mol. The van der Waals surface area contributed by atoms with Crippen molar-refractivity contribution in [2.45, 2.75) is 17.8 Å². The number of hydrogen-bond donors (Lipinski definition) is 1. The van der Waals surface area contributed by atoms with Gasteiger partial charge in [0.1, 0.15) is 11.6 Å². The van der Waals surface area contributed by atoms with Crippen molar-refractivity contribution in [2.75, 3.05) is 7.11 Å². The Bertz CT molecular complexity index is 515. The lowest BCUT2D eigenvalue weighted by atomic mass is 10.2. The van der Waals surface area contributed by atoms with Gasteiger partial charge in [0.05, 0.1) is 12.1 Å². The molecule has 0 unspecified atom stereocenters. The Morgan fingerprint density at radius 1 is 1.47 bits per heavy atom. The lowest BCUT2D eigenvalue weighted by molar-refractivity contribution is 0.415. The third kappa shape index (κ3) is 3.14. The number of hydrogen-bond acceptors (Lipinski definition) is 4. The van der Waals surface area contributed by atoms with Gasteiger partial charge in [-0.1, -0.05) is 29.4 Å². The van der Waals surface area contributed by atoms with E-state index < -0.39 is 0 Å². The number of ether oxygens (including phenoxy) is 1. The molecule has 90 valence electrons. The van der Waals surface area contributed by atoms with Crippen molar-refractivity contribution in [3.63, 3.8) is 0 Å². The van der Waals surface area contributed by atoms with Gasteiger partial charge < -0.3 is 4.74 Å². The number of methoxy groups -OCH3 is 1. The molecular formula is C11H12ClN3OS. The molecule has 0 fully saturated rings. The van der Waals surface area contributed by atoms with Crippen LogP contribution in [0.25, 0.3) is 0 Å². The van der Waals surface area contributed by atoms with Gasteiger partial charge in [0.25, 0.3) is 0 Å². The minimum absolute atomic E-state index is 0.622. The lowest BCUT2D eigenvalue weighted by Crippen LogP contribution is -1.87. The van der Waals surface area contributed by atoms with Crippen LogP contribution in [0.2, 0.25) is 5.02 Å². The molecule has 0 radical (unpaired) electrons. The van der Waals surface area contributed by atoms with E-state index >= 15 is 0 Å². The fraction of sp³-hybridized carbons (Fsp3) is 0.273. The Balaban J connectivity index is 2.02. The summed E-state index contributed by atoms with van der Waals surface area (Å²) in [5, 5.41) is 8.23. The van der Waals surface area contributed by atoms with Crippen LogP contribution in [0, 0.1) is 6.92 Å². The van der Waals surface area contributed by atoms with Crippen molar-refractivity contribution in [1.29, 1.82) is 0 Å². The Labute approximate surface area is 109 Å². The van der Waals surface area contributed by atoms with Crippen LogP contribution >= 0.6 is 23.4 Å². The number of aromatic amines is 1. The van der Waals surface area contributed by atoms with Gasteiger partial charge >= 0.3 is 0 Å². The van der Waals surface area contributed by atoms with Crippen molar-refractivity contribution in [3.8, 4) is 5.75 Å². The van der Waals surface area contributed by atoms with Crippen molar-refractivity contribution in [3.05, 3.63) is 34.6 Å². The van der Waals surface area contributed by atoms with E-state index in [9.17, 15) is 0 Å². The fourth-order valence-corrected chi connectivity index (χ4v) is 2.40. The largest absolute Gasteiger partial charge is 0.495 e. The average Bonchev–Trinajstić information content (AvgIpc) is 2.73. The summed E-state index contributed by atoms with van der Waals surface area (Å²) < 4.78 is 5.10. The monoisotopic (exact) mass is 269 g/mol. The van der Waals surface area contributed by atoms with Gasteiger partial charge in [0, 0.05) is 5.75 Å². The van der Waals surface area contributed by atoms with E-state index in [4.69, 9.17) is 16.3 Å². The number of nitrogens with zero attached hydrogens (tertiary/aromatic N) is 2. The molecule has 4 nitrogen and oxygen atoms in total. The Kier molecular flexibility index (Phi) is 3.91. The molecule has 0 amide bonds. The highest BCUT2D eigenvalue weighted by molar-refractivity contribution is 7.98. The van der Waals surface area contributed by atoms with Gasteiger partial charge in [-0.3, -0.25) is 5.10 Å². The molecule has 1 aromatic heterocycles. The summed E-state index contributed by atoms with van der Waals surface area (Å²) in [7, 11) is 1.60. The van der Waals surface area contributed by atoms with Gasteiger partial charge in [-0.2, -0.15) is 0 Å². The number of benzene rings is 1. The van der Waals surface area contributed by atoms with Crippen LogP contribution in [-0.2, 0) is 5.75 Å². The zero-order valence-corrected chi connectivity index (χ0v) is 11.1. The minimum atomic E-state index is 0.622. The molecule has 0 atom stereocenters. The summed E-state index contributed by atoms with van der Waals surface area (Å²) in [6.07, 6.45) is 0. The van der Waals surface area contributed by atoms with E-state index in [0.717, 1.165) is 22.3 Å². The first-order chi connectivity index (χ1) is 8.19. The average molecular weight is 270 g/mol. The first-order valence-corrected chi connectivity index (χ1v) is 6.39. The second-order valence-corrected chi connectivity index (χ2v) is 4.81. The van der Waals surface area contributed by atoms with E-state index in [1.165, 1.54) is 0 Å². The summed E-state index contributed by atoms with van der Waals surface area (Å²) in [5.74, 6) is 2.29. The van der Waals surface area contributed by atoms with E-state index in [1.54, 1.807) is 18.9 Å². The van der Waals surface area contributed by atoms with Crippen LogP contribution in [0.1, 0.15) is 11.4 Å². The molecule has 0 saturated heterocycles. The smallest absolute Gasteiger partial charge is 0.208 e. The van der Waals surface area contributed by atoms with Crippen molar-refractivity contribution < 1.29 is 4.74 Å². The highest BCUT2D eigenvalue weighted by Crippen LogP contribution is 2.27. The highest BCUT2D eigenvalue weighted by atomic mass is 35.5. The SMILES string of the molecule is COc1ccc(CSc2n[nH]c(C)n2)cc1Cl. The minimum Gasteiger partial charge on any atom is -0.495 e. The van der Waals surface area contributed by atoms with E-state index in [2.05, 4.69) is 15.2 Å². The molecule has 1 heterocycles. The number of halogens is 1. The molecule has 6 heteroatoms. The maximum atomic E-state index is 6.04.